The summed E-state index contributed by atoms with van der Waals surface area (Å²) in [5.41, 5.74) is 0.345. The second-order valence-corrected chi connectivity index (χ2v) is 6.31. The molecule has 0 fully saturated rings. The predicted octanol–water partition coefficient (Wildman–Crippen LogP) is 0.777. The molecule has 0 radical (unpaired) electrons. The molecule has 0 atom stereocenters. The molecule has 12 heteroatoms. The average Bonchev–Trinajstić information content (AvgIpc) is 2.77. The normalized spacial score (nSPS) is 11.1. The first-order valence-corrected chi connectivity index (χ1v) is 9.81. The van der Waals surface area contributed by atoms with E-state index in [4.69, 9.17) is 29.2 Å². The van der Waals surface area contributed by atoms with E-state index in [2.05, 4.69) is 9.47 Å². The molecule has 0 spiro atoms. The van der Waals surface area contributed by atoms with Crippen molar-refractivity contribution < 1.29 is 58.4 Å². The lowest BCUT2D eigenvalue weighted by Crippen LogP contribution is -2.13. The van der Waals surface area contributed by atoms with Crippen molar-refractivity contribution in [2.75, 3.05) is 53.6 Å². The number of carboxylic acids is 2. The fourth-order valence-electron chi connectivity index (χ4n) is 2.53. The molecule has 0 unspecified atom stereocenters. The summed E-state index contributed by atoms with van der Waals surface area (Å²) in [5.74, 6) is -2.52. The fourth-order valence-corrected chi connectivity index (χ4v) is 2.53. The second kappa shape index (κ2) is 17.4. The van der Waals surface area contributed by atoms with E-state index < -0.39 is 25.5 Å². The Hall–Kier alpha value is -2.16. The minimum absolute atomic E-state index is 0.0274. The number of aromatic carboxylic acids is 2. The van der Waals surface area contributed by atoms with E-state index in [0.717, 1.165) is 6.07 Å². The Morgan fingerprint density at radius 1 is 0.625 bits per heavy atom. The Kier molecular flexibility index (Phi) is 15.2. The molecule has 0 saturated heterocycles. The van der Waals surface area contributed by atoms with Gasteiger partial charge in [0, 0.05) is 13.2 Å². The van der Waals surface area contributed by atoms with Gasteiger partial charge < -0.3 is 48.8 Å². The zero-order valence-electron chi connectivity index (χ0n) is 17.7. The first-order valence-electron chi connectivity index (χ1n) is 9.81. The summed E-state index contributed by atoms with van der Waals surface area (Å²) < 4.78 is 30.4. The maximum Gasteiger partial charge on any atom is 0.336 e. The molecule has 0 heterocycles. The van der Waals surface area contributed by atoms with E-state index in [1.54, 1.807) is 0 Å². The molecule has 0 aliphatic rings. The van der Waals surface area contributed by atoms with Crippen molar-refractivity contribution in [1.29, 1.82) is 0 Å². The van der Waals surface area contributed by atoms with E-state index in [0.29, 0.717) is 37.2 Å². The van der Waals surface area contributed by atoms with Crippen LogP contribution in [0.4, 0.5) is 0 Å². The van der Waals surface area contributed by atoms with Crippen LogP contribution in [0.15, 0.2) is 12.1 Å². The van der Waals surface area contributed by atoms with Gasteiger partial charge in [-0.25, -0.2) is 9.59 Å². The standard InChI is InChI=1S/C20H30O12/c21-11-31-13-29-5-1-3-27-9-15-7-16(10-28-4-2-6-30-14-32-12-22)18(20(25)26)8-17(15)19(23)24/h7-8,21-22H,1-6,9-14H2,(H,23,24)(H,25,26). The lowest BCUT2D eigenvalue weighted by Gasteiger charge is -2.14. The number of ether oxygens (including phenoxy) is 6. The summed E-state index contributed by atoms with van der Waals surface area (Å²) in [7, 11) is 0. The predicted molar refractivity (Wildman–Crippen MR) is 107 cm³/mol. The van der Waals surface area contributed by atoms with Crippen LogP contribution in [0, 0.1) is 0 Å². The Labute approximate surface area is 185 Å². The summed E-state index contributed by atoms with van der Waals surface area (Å²) in [6.07, 6.45) is 1.04. The summed E-state index contributed by atoms with van der Waals surface area (Å²) in [6.45, 7) is 0.234. The SMILES string of the molecule is O=C(O)c1cc(C(=O)O)c(COCCCOCOCO)cc1COCCCOCOCO. The van der Waals surface area contributed by atoms with Crippen LogP contribution in [0.2, 0.25) is 0 Å². The highest BCUT2D eigenvalue weighted by molar-refractivity contribution is 5.96. The highest BCUT2D eigenvalue weighted by atomic mass is 16.7. The largest absolute Gasteiger partial charge is 0.478 e. The Balaban J connectivity index is 2.62. The van der Waals surface area contributed by atoms with Gasteiger partial charge in [-0.1, -0.05) is 0 Å². The number of hydrogen-bond acceptors (Lipinski definition) is 10. The van der Waals surface area contributed by atoms with Crippen LogP contribution in [-0.4, -0.2) is 86.0 Å². The van der Waals surface area contributed by atoms with Gasteiger partial charge in [0.1, 0.15) is 27.2 Å². The maximum absolute atomic E-state index is 11.6. The Morgan fingerprint density at radius 2 is 1.03 bits per heavy atom. The second-order valence-electron chi connectivity index (χ2n) is 6.31. The van der Waals surface area contributed by atoms with Crippen LogP contribution in [0.5, 0.6) is 0 Å². The number of aliphatic hydroxyl groups excluding tert-OH is 2. The van der Waals surface area contributed by atoms with Crippen LogP contribution in [0.3, 0.4) is 0 Å². The van der Waals surface area contributed by atoms with Gasteiger partial charge in [0.25, 0.3) is 0 Å². The first kappa shape index (κ1) is 27.9. The summed E-state index contributed by atoms with van der Waals surface area (Å²) >= 11 is 0. The zero-order chi connectivity index (χ0) is 23.6. The number of aliphatic hydroxyl groups is 2. The molecule has 12 nitrogen and oxygen atoms in total. The minimum atomic E-state index is -1.26. The fraction of sp³-hybridized carbons (Fsp3) is 0.600. The van der Waals surface area contributed by atoms with Crippen LogP contribution in [0.1, 0.15) is 44.7 Å². The van der Waals surface area contributed by atoms with Crippen molar-refractivity contribution in [2.45, 2.75) is 26.1 Å². The van der Waals surface area contributed by atoms with Gasteiger partial charge in [0.2, 0.25) is 0 Å². The smallest absolute Gasteiger partial charge is 0.336 e. The molecule has 32 heavy (non-hydrogen) atoms. The molecule has 182 valence electrons. The molecule has 0 aliphatic heterocycles. The van der Waals surface area contributed by atoms with Crippen molar-refractivity contribution in [1.82, 2.24) is 0 Å². The highest BCUT2D eigenvalue weighted by Crippen LogP contribution is 2.20. The van der Waals surface area contributed by atoms with E-state index in [-0.39, 0.29) is 51.1 Å². The van der Waals surface area contributed by atoms with Gasteiger partial charge in [0.05, 0.1) is 37.6 Å². The zero-order valence-corrected chi connectivity index (χ0v) is 17.7. The number of benzene rings is 1. The van der Waals surface area contributed by atoms with Crippen LogP contribution in [-0.2, 0) is 41.6 Å². The van der Waals surface area contributed by atoms with Crippen molar-refractivity contribution in [3.63, 3.8) is 0 Å². The van der Waals surface area contributed by atoms with Gasteiger partial charge in [-0.05, 0) is 36.1 Å². The van der Waals surface area contributed by atoms with Crippen LogP contribution < -0.4 is 0 Å². The molecule has 4 N–H and O–H groups in total. The maximum atomic E-state index is 11.6. The van der Waals surface area contributed by atoms with Gasteiger partial charge in [-0.2, -0.15) is 0 Å². The third-order valence-corrected chi connectivity index (χ3v) is 3.98. The Bertz CT molecular complexity index is 626. The molecule has 1 rings (SSSR count). The van der Waals surface area contributed by atoms with Gasteiger partial charge in [0.15, 0.2) is 0 Å². The number of hydrogen-bond donors (Lipinski definition) is 4. The lowest BCUT2D eigenvalue weighted by molar-refractivity contribution is -0.110. The molecule has 1 aromatic rings. The van der Waals surface area contributed by atoms with E-state index in [1.807, 2.05) is 0 Å². The van der Waals surface area contributed by atoms with E-state index >= 15 is 0 Å². The molecule has 0 saturated carbocycles. The quantitative estimate of drug-likeness (QED) is 0.159. The van der Waals surface area contributed by atoms with Crippen molar-refractivity contribution in [2.24, 2.45) is 0 Å². The molecular formula is C20H30O12. The molecule has 0 aliphatic carbocycles. The average molecular weight is 462 g/mol. The van der Waals surface area contributed by atoms with Crippen molar-refractivity contribution in [3.8, 4) is 0 Å². The highest BCUT2D eigenvalue weighted by Gasteiger charge is 2.19. The topological polar surface area (TPSA) is 170 Å². The summed E-state index contributed by atoms with van der Waals surface area (Å²) in [6, 6.07) is 2.57. The van der Waals surface area contributed by atoms with Gasteiger partial charge in [-0.3, -0.25) is 0 Å². The first-order chi connectivity index (χ1) is 15.5. The third-order valence-electron chi connectivity index (χ3n) is 3.98. The van der Waals surface area contributed by atoms with Gasteiger partial charge >= 0.3 is 11.9 Å². The van der Waals surface area contributed by atoms with Crippen LogP contribution in [0.25, 0.3) is 0 Å². The third kappa shape index (κ3) is 11.5. The molecule has 0 aromatic heterocycles. The monoisotopic (exact) mass is 462 g/mol. The van der Waals surface area contributed by atoms with Crippen molar-refractivity contribution >= 4 is 11.9 Å². The molecule has 1 aromatic carbocycles. The van der Waals surface area contributed by atoms with Crippen LogP contribution >= 0.6 is 0 Å². The number of rotatable bonds is 20. The van der Waals surface area contributed by atoms with Crippen molar-refractivity contribution in [3.05, 3.63) is 34.4 Å². The summed E-state index contributed by atoms with van der Waals surface area (Å²) in [4.78, 5) is 23.2. The molecule has 0 amide bonds. The van der Waals surface area contributed by atoms with E-state index in [1.165, 1.54) is 6.07 Å². The molecule has 0 bridgehead atoms. The summed E-state index contributed by atoms with van der Waals surface area (Å²) in [5, 5.41) is 35.8. The molecular weight excluding hydrogens is 432 g/mol. The van der Waals surface area contributed by atoms with Gasteiger partial charge in [-0.15, -0.1) is 0 Å². The number of carboxylic acid groups (broad SMARTS) is 2. The van der Waals surface area contributed by atoms with E-state index in [9.17, 15) is 19.8 Å². The number of carbonyl (C=O) groups is 2. The Morgan fingerprint density at radius 3 is 1.41 bits per heavy atom. The lowest BCUT2D eigenvalue weighted by atomic mass is 9.98. The minimum Gasteiger partial charge on any atom is -0.478 e.